The van der Waals surface area contributed by atoms with E-state index in [-0.39, 0.29) is 0 Å². The lowest BCUT2D eigenvalue weighted by atomic mass is 9.48. The fraction of sp³-hybridized carbons (Fsp3) is 0.196. The standard InChI is InChI=1S/C51H39N3O/c1-4-13-45-39(8-1)41-18-17-35(51-26-31-20-32(27-51)22-33(21-31)28-51)24-48(41)54(45)37-25-36(29-52-30-37)53-46-14-5-2-9-40(46)44-23-34(16-19-47(44)53)38-11-7-12-43-42-10-3-6-15-49(42)55-50(38)43/h1-19,23-25,29-33H,20-22,26-28H2. The summed E-state index contributed by atoms with van der Waals surface area (Å²) in [6.07, 6.45) is 12.5. The molecule has 6 aromatic carbocycles. The van der Waals surface area contributed by atoms with Crippen LogP contribution in [-0.2, 0) is 5.41 Å². The molecule has 10 aromatic rings. The van der Waals surface area contributed by atoms with E-state index in [1.54, 1.807) is 5.56 Å². The lowest BCUT2D eigenvalue weighted by molar-refractivity contribution is -0.00513. The van der Waals surface area contributed by atoms with Gasteiger partial charge in [0.15, 0.2) is 0 Å². The first-order chi connectivity index (χ1) is 27.2. The Morgan fingerprint density at radius 1 is 0.491 bits per heavy atom. The quantitative estimate of drug-likeness (QED) is 0.182. The van der Waals surface area contributed by atoms with Gasteiger partial charge in [-0.25, -0.2) is 0 Å². The zero-order valence-corrected chi connectivity index (χ0v) is 30.6. The fourth-order valence-electron chi connectivity index (χ4n) is 12.1. The number of hydrogen-bond acceptors (Lipinski definition) is 2. The van der Waals surface area contributed by atoms with Crippen LogP contribution in [0.3, 0.4) is 0 Å². The monoisotopic (exact) mass is 709 g/mol. The predicted octanol–water partition coefficient (Wildman–Crippen LogP) is 13.3. The Bertz CT molecular complexity index is 3170. The Labute approximate surface area is 318 Å². The van der Waals surface area contributed by atoms with Crippen molar-refractivity contribution in [3.8, 4) is 22.5 Å². The number of para-hydroxylation sites is 4. The molecule has 0 amide bonds. The highest BCUT2D eigenvalue weighted by Gasteiger charge is 2.51. The Balaban J connectivity index is 0.986. The second kappa shape index (κ2) is 11.0. The van der Waals surface area contributed by atoms with Crippen LogP contribution >= 0.6 is 0 Å². The average molecular weight is 710 g/mol. The van der Waals surface area contributed by atoms with Crippen LogP contribution in [-0.4, -0.2) is 14.1 Å². The predicted molar refractivity (Wildman–Crippen MR) is 225 cm³/mol. The maximum Gasteiger partial charge on any atom is 0.143 e. The van der Waals surface area contributed by atoms with Crippen LogP contribution in [0.2, 0.25) is 0 Å². The Hall–Kier alpha value is -6.13. The van der Waals surface area contributed by atoms with E-state index in [0.717, 1.165) is 67.7 Å². The van der Waals surface area contributed by atoms with E-state index in [0.29, 0.717) is 5.41 Å². The molecule has 4 heteroatoms. The van der Waals surface area contributed by atoms with E-state index in [9.17, 15) is 0 Å². The van der Waals surface area contributed by atoms with Crippen molar-refractivity contribution >= 4 is 65.6 Å². The molecule has 4 fully saturated rings. The van der Waals surface area contributed by atoms with Gasteiger partial charge in [0.25, 0.3) is 0 Å². The zero-order chi connectivity index (χ0) is 35.8. The number of hydrogen-bond donors (Lipinski definition) is 0. The molecule has 0 atom stereocenters. The van der Waals surface area contributed by atoms with Crippen LogP contribution in [0.15, 0.2) is 150 Å². The van der Waals surface area contributed by atoms with Gasteiger partial charge in [-0.3, -0.25) is 4.98 Å². The summed E-state index contributed by atoms with van der Waals surface area (Å²) in [5.74, 6) is 2.74. The van der Waals surface area contributed by atoms with E-state index < -0.39 is 0 Å². The largest absolute Gasteiger partial charge is 0.455 e. The number of furan rings is 1. The normalized spacial score (nSPS) is 22.0. The summed E-state index contributed by atoms with van der Waals surface area (Å²) in [5.41, 5.74) is 13.0. The smallest absolute Gasteiger partial charge is 0.143 e. The van der Waals surface area contributed by atoms with Crippen LogP contribution in [0.4, 0.5) is 0 Å². The Morgan fingerprint density at radius 3 is 1.84 bits per heavy atom. The molecule has 0 unspecified atom stereocenters. The third-order valence-corrected chi connectivity index (χ3v) is 13.9. The topological polar surface area (TPSA) is 35.9 Å². The van der Waals surface area contributed by atoms with Gasteiger partial charge >= 0.3 is 0 Å². The van der Waals surface area contributed by atoms with Crippen molar-refractivity contribution in [1.82, 2.24) is 14.1 Å². The van der Waals surface area contributed by atoms with Crippen LogP contribution < -0.4 is 0 Å². The number of benzene rings is 6. The minimum atomic E-state index is 0.335. The van der Waals surface area contributed by atoms with Gasteiger partial charge in [-0.1, -0.05) is 91.0 Å². The number of aromatic nitrogens is 3. The van der Waals surface area contributed by atoms with Gasteiger partial charge < -0.3 is 13.6 Å². The molecule has 4 aromatic heterocycles. The van der Waals surface area contributed by atoms with Crippen molar-refractivity contribution in [2.45, 2.75) is 43.9 Å². The van der Waals surface area contributed by atoms with Gasteiger partial charge in [-0.2, -0.15) is 0 Å². The Kier molecular flexibility index (Phi) is 6.03. The molecule has 14 rings (SSSR count). The van der Waals surface area contributed by atoms with Gasteiger partial charge in [0.1, 0.15) is 11.2 Å². The maximum absolute atomic E-state index is 6.47. The second-order valence-electron chi connectivity index (χ2n) is 17.0. The molecule has 0 saturated heterocycles. The van der Waals surface area contributed by atoms with Crippen molar-refractivity contribution in [2.75, 3.05) is 0 Å². The summed E-state index contributed by atoms with van der Waals surface area (Å²) in [7, 11) is 0. The summed E-state index contributed by atoms with van der Waals surface area (Å²) in [4.78, 5) is 4.97. The highest BCUT2D eigenvalue weighted by molar-refractivity contribution is 6.13. The zero-order valence-electron chi connectivity index (χ0n) is 30.6. The van der Waals surface area contributed by atoms with Crippen LogP contribution in [0.5, 0.6) is 0 Å². The molecule has 4 aliphatic carbocycles. The summed E-state index contributed by atoms with van der Waals surface area (Å²) in [6.45, 7) is 0. The van der Waals surface area contributed by atoms with E-state index >= 15 is 0 Å². The van der Waals surface area contributed by atoms with Crippen LogP contribution in [0.1, 0.15) is 44.1 Å². The van der Waals surface area contributed by atoms with Gasteiger partial charge in [-0.05, 0) is 115 Å². The van der Waals surface area contributed by atoms with Gasteiger partial charge in [0.05, 0.1) is 45.8 Å². The molecule has 4 bridgehead atoms. The highest BCUT2D eigenvalue weighted by Crippen LogP contribution is 2.61. The molecule has 0 spiro atoms. The summed E-state index contributed by atoms with van der Waals surface area (Å²) in [5, 5.41) is 7.34. The third kappa shape index (κ3) is 4.25. The summed E-state index contributed by atoms with van der Waals surface area (Å²) in [6, 6.07) is 49.2. The number of fused-ring (bicyclic) bond motifs is 9. The van der Waals surface area contributed by atoms with Crippen molar-refractivity contribution in [3.63, 3.8) is 0 Å². The number of nitrogens with zero attached hydrogens (tertiary/aromatic N) is 3. The van der Waals surface area contributed by atoms with E-state index in [2.05, 4.69) is 137 Å². The average Bonchev–Trinajstić information content (AvgIpc) is 3.88. The van der Waals surface area contributed by atoms with E-state index in [1.165, 1.54) is 76.6 Å². The fourth-order valence-corrected chi connectivity index (χ4v) is 12.1. The van der Waals surface area contributed by atoms with Crippen molar-refractivity contribution < 1.29 is 4.42 Å². The van der Waals surface area contributed by atoms with E-state index in [4.69, 9.17) is 9.40 Å². The van der Waals surface area contributed by atoms with Crippen molar-refractivity contribution in [3.05, 3.63) is 151 Å². The molecule has 4 saturated carbocycles. The lowest BCUT2D eigenvalue weighted by Crippen LogP contribution is -2.48. The van der Waals surface area contributed by atoms with E-state index in [1.807, 2.05) is 18.5 Å². The molecule has 0 N–H and O–H groups in total. The molecule has 55 heavy (non-hydrogen) atoms. The van der Waals surface area contributed by atoms with Gasteiger partial charge in [0, 0.05) is 37.9 Å². The van der Waals surface area contributed by atoms with Crippen LogP contribution in [0.25, 0.3) is 88.1 Å². The SMILES string of the molecule is c1ccc2c(c1)oc1c(-c3ccc4c(c3)c3ccccc3n4-c3cncc(-n4c5ccccc5c5ccc(C67CC8CC(CC(C8)C6)C7)cc54)c3)cccc12. The van der Waals surface area contributed by atoms with Gasteiger partial charge in [-0.15, -0.1) is 0 Å². The first-order valence-corrected chi connectivity index (χ1v) is 20.1. The molecule has 4 aliphatic rings. The van der Waals surface area contributed by atoms with Crippen LogP contribution in [0, 0.1) is 17.8 Å². The van der Waals surface area contributed by atoms with Gasteiger partial charge in [0.2, 0.25) is 0 Å². The molecule has 4 nitrogen and oxygen atoms in total. The Morgan fingerprint density at radius 2 is 1.09 bits per heavy atom. The number of pyridine rings is 1. The molecule has 264 valence electrons. The summed E-state index contributed by atoms with van der Waals surface area (Å²) >= 11 is 0. The highest BCUT2D eigenvalue weighted by atomic mass is 16.3. The minimum absolute atomic E-state index is 0.335. The first kappa shape index (κ1) is 30.2. The lowest BCUT2D eigenvalue weighted by Gasteiger charge is -2.57. The second-order valence-corrected chi connectivity index (χ2v) is 17.0. The molecule has 0 radical (unpaired) electrons. The molecule has 0 aliphatic heterocycles. The van der Waals surface area contributed by atoms with Crippen molar-refractivity contribution in [1.29, 1.82) is 0 Å². The van der Waals surface area contributed by atoms with Crippen molar-refractivity contribution in [2.24, 2.45) is 17.8 Å². The number of rotatable bonds is 4. The summed E-state index contributed by atoms with van der Waals surface area (Å²) < 4.78 is 11.3. The first-order valence-electron chi connectivity index (χ1n) is 20.1. The molecular formula is C51H39N3O. The maximum atomic E-state index is 6.47. The molecular weight excluding hydrogens is 671 g/mol. The minimum Gasteiger partial charge on any atom is -0.455 e. The third-order valence-electron chi connectivity index (χ3n) is 13.9. The molecule has 4 heterocycles.